The fraction of sp³-hybridized carbons (Fsp3) is 0.571. The van der Waals surface area contributed by atoms with Gasteiger partial charge in [-0.1, -0.05) is 31.0 Å². The van der Waals surface area contributed by atoms with E-state index in [1.54, 1.807) is 12.1 Å². The molecule has 162 valence electrons. The highest BCUT2D eigenvalue weighted by atomic mass is 32.2. The number of fused-ring (bicyclic) bond motifs is 2. The molecule has 0 bridgehead atoms. The minimum Gasteiger partial charge on any atom is -0.353 e. The van der Waals surface area contributed by atoms with E-state index >= 15 is 0 Å². The lowest BCUT2D eigenvalue weighted by Crippen LogP contribution is -2.49. The molecule has 2 fully saturated rings. The Kier molecular flexibility index (Phi) is 5.57. The van der Waals surface area contributed by atoms with Crippen LogP contribution in [0.2, 0.25) is 0 Å². The minimum absolute atomic E-state index is 0.0761. The number of sulfonamides is 1. The Hall–Kier alpha value is -2.42. The van der Waals surface area contributed by atoms with Gasteiger partial charge in [0, 0.05) is 13.1 Å². The predicted octanol–water partition coefficient (Wildman–Crippen LogP) is 1.06. The summed E-state index contributed by atoms with van der Waals surface area (Å²) in [6.07, 6.45) is 3.89. The number of anilines is 1. The number of nitrogens with zero attached hydrogens (tertiary/aromatic N) is 2. The lowest BCUT2D eigenvalue weighted by atomic mass is 9.81. The average Bonchev–Trinajstić information content (AvgIpc) is 3.28. The van der Waals surface area contributed by atoms with E-state index in [4.69, 9.17) is 0 Å². The van der Waals surface area contributed by atoms with Gasteiger partial charge < -0.3 is 5.32 Å². The molecule has 0 unspecified atom stereocenters. The zero-order valence-corrected chi connectivity index (χ0v) is 17.9. The summed E-state index contributed by atoms with van der Waals surface area (Å²) in [6, 6.07) is 6.44. The zero-order chi connectivity index (χ0) is 21.5. The molecule has 1 saturated heterocycles. The van der Waals surface area contributed by atoms with Crippen molar-refractivity contribution in [1.29, 1.82) is 0 Å². The van der Waals surface area contributed by atoms with E-state index in [1.807, 2.05) is 12.1 Å². The van der Waals surface area contributed by atoms with Crippen LogP contribution in [0.4, 0.5) is 5.69 Å². The number of carbonyl (C=O) groups is 3. The fourth-order valence-electron chi connectivity index (χ4n) is 4.84. The van der Waals surface area contributed by atoms with Crippen LogP contribution in [0, 0.1) is 11.8 Å². The lowest BCUT2D eigenvalue weighted by molar-refractivity contribution is -0.147. The van der Waals surface area contributed by atoms with Crippen molar-refractivity contribution in [3.63, 3.8) is 0 Å². The first-order valence-corrected chi connectivity index (χ1v) is 12.1. The van der Waals surface area contributed by atoms with E-state index in [0.717, 1.165) is 23.3 Å². The first kappa shape index (κ1) is 20.8. The maximum Gasteiger partial charge on any atom is 0.243 e. The summed E-state index contributed by atoms with van der Waals surface area (Å²) in [5, 5.41) is 2.59. The van der Waals surface area contributed by atoms with Gasteiger partial charge in [-0.2, -0.15) is 0 Å². The summed E-state index contributed by atoms with van der Waals surface area (Å²) in [5.41, 5.74) is 1.68. The molecule has 0 spiro atoms. The Morgan fingerprint density at radius 1 is 1.13 bits per heavy atom. The van der Waals surface area contributed by atoms with Gasteiger partial charge in [0.05, 0.1) is 23.3 Å². The molecule has 2 heterocycles. The Balaban J connectivity index is 1.35. The normalized spacial score (nSPS) is 24.6. The summed E-state index contributed by atoms with van der Waals surface area (Å²) in [7, 11) is -3.58. The number of rotatable bonds is 6. The van der Waals surface area contributed by atoms with Crippen molar-refractivity contribution >= 4 is 33.4 Å². The van der Waals surface area contributed by atoms with E-state index in [1.165, 1.54) is 11.2 Å². The van der Waals surface area contributed by atoms with E-state index in [-0.39, 0.29) is 35.9 Å². The minimum atomic E-state index is -3.58. The summed E-state index contributed by atoms with van der Waals surface area (Å²) in [4.78, 5) is 38.9. The molecule has 3 amide bonds. The van der Waals surface area contributed by atoms with Gasteiger partial charge in [-0.15, -0.1) is 0 Å². The molecule has 0 aromatic heterocycles. The van der Waals surface area contributed by atoms with E-state index in [2.05, 4.69) is 5.32 Å². The molecule has 3 aliphatic rings. The number of hydrogen-bond donors (Lipinski definition) is 1. The molecule has 1 aliphatic carbocycles. The zero-order valence-electron chi connectivity index (χ0n) is 17.0. The molecule has 1 N–H and O–H groups in total. The molecule has 3 atom stereocenters. The third kappa shape index (κ3) is 3.59. The van der Waals surface area contributed by atoms with Gasteiger partial charge in [-0.25, -0.2) is 8.42 Å². The van der Waals surface area contributed by atoms with E-state index < -0.39 is 22.0 Å². The fourth-order valence-corrected chi connectivity index (χ4v) is 6.27. The van der Waals surface area contributed by atoms with Crippen LogP contribution in [0.25, 0.3) is 0 Å². The second kappa shape index (κ2) is 8.02. The topological polar surface area (TPSA) is 104 Å². The summed E-state index contributed by atoms with van der Waals surface area (Å²) in [6.45, 7) is 1.84. The highest BCUT2D eigenvalue weighted by molar-refractivity contribution is 7.92. The molecule has 9 heteroatoms. The van der Waals surface area contributed by atoms with Gasteiger partial charge in [0.2, 0.25) is 27.7 Å². The molecule has 0 radical (unpaired) electrons. The Morgan fingerprint density at radius 3 is 2.43 bits per heavy atom. The van der Waals surface area contributed by atoms with Crippen molar-refractivity contribution in [3.05, 3.63) is 29.8 Å². The monoisotopic (exact) mass is 433 g/mol. The van der Waals surface area contributed by atoms with Crippen LogP contribution in [0.3, 0.4) is 0 Å². The summed E-state index contributed by atoms with van der Waals surface area (Å²) in [5.74, 6) is -1.91. The standard InChI is InChI=1S/C21H27N3O5S/c1-14(24-20(26)16-7-3-4-8-17(16)21(24)27)19(25)22-11-13-30(28,29)23-12-10-15-6-2-5-9-18(15)23/h2,5-6,9,14,16-17H,3-4,7-8,10-13H2,1H3,(H,22,25)/t14-,16+,17+/m1/s1. The van der Waals surface area contributed by atoms with Crippen LogP contribution >= 0.6 is 0 Å². The van der Waals surface area contributed by atoms with Gasteiger partial charge in [0.25, 0.3) is 0 Å². The Bertz CT molecular complexity index is 953. The smallest absolute Gasteiger partial charge is 0.243 e. The number of carbonyl (C=O) groups excluding carboxylic acids is 3. The number of para-hydroxylation sites is 1. The molecule has 4 rings (SSSR count). The summed E-state index contributed by atoms with van der Waals surface area (Å²) >= 11 is 0. The van der Waals surface area contributed by atoms with Crippen LogP contribution in [-0.4, -0.2) is 55.9 Å². The molecular formula is C21H27N3O5S. The molecule has 2 aliphatic heterocycles. The molecule has 1 saturated carbocycles. The van der Waals surface area contributed by atoms with Gasteiger partial charge in [-0.3, -0.25) is 23.6 Å². The predicted molar refractivity (Wildman–Crippen MR) is 111 cm³/mol. The number of amides is 3. The number of likely N-dealkylation sites (tertiary alicyclic amines) is 1. The quantitative estimate of drug-likeness (QED) is 0.676. The second-order valence-corrected chi connectivity index (χ2v) is 10.3. The maximum atomic E-state index is 12.7. The van der Waals surface area contributed by atoms with Crippen molar-refractivity contribution in [1.82, 2.24) is 10.2 Å². The Morgan fingerprint density at radius 2 is 1.77 bits per heavy atom. The van der Waals surface area contributed by atoms with Crippen molar-refractivity contribution in [2.24, 2.45) is 11.8 Å². The van der Waals surface area contributed by atoms with Crippen LogP contribution in [0.15, 0.2) is 24.3 Å². The number of benzene rings is 1. The van der Waals surface area contributed by atoms with Crippen molar-refractivity contribution < 1.29 is 22.8 Å². The Labute approximate surface area is 176 Å². The van der Waals surface area contributed by atoms with Crippen molar-refractivity contribution in [3.8, 4) is 0 Å². The van der Waals surface area contributed by atoms with E-state index in [0.29, 0.717) is 31.5 Å². The van der Waals surface area contributed by atoms with Gasteiger partial charge >= 0.3 is 0 Å². The largest absolute Gasteiger partial charge is 0.353 e. The van der Waals surface area contributed by atoms with Crippen LogP contribution in [-0.2, 0) is 30.8 Å². The van der Waals surface area contributed by atoms with Gasteiger partial charge in [0.1, 0.15) is 6.04 Å². The lowest BCUT2D eigenvalue weighted by Gasteiger charge is -2.23. The molecule has 1 aromatic rings. The average molecular weight is 434 g/mol. The van der Waals surface area contributed by atoms with Crippen LogP contribution in [0.5, 0.6) is 0 Å². The second-order valence-electron chi connectivity index (χ2n) is 8.28. The first-order chi connectivity index (χ1) is 14.3. The molecular weight excluding hydrogens is 406 g/mol. The number of imide groups is 1. The third-order valence-electron chi connectivity index (χ3n) is 6.48. The van der Waals surface area contributed by atoms with Crippen molar-refractivity contribution in [2.75, 3.05) is 23.1 Å². The van der Waals surface area contributed by atoms with Gasteiger partial charge in [-0.05, 0) is 37.8 Å². The van der Waals surface area contributed by atoms with Crippen LogP contribution < -0.4 is 9.62 Å². The highest BCUT2D eigenvalue weighted by Gasteiger charge is 2.50. The highest BCUT2D eigenvalue weighted by Crippen LogP contribution is 2.38. The van der Waals surface area contributed by atoms with E-state index in [9.17, 15) is 22.8 Å². The molecule has 1 aromatic carbocycles. The van der Waals surface area contributed by atoms with Gasteiger partial charge in [0.15, 0.2) is 0 Å². The maximum absolute atomic E-state index is 12.7. The van der Waals surface area contributed by atoms with Crippen LogP contribution in [0.1, 0.15) is 38.2 Å². The first-order valence-electron chi connectivity index (χ1n) is 10.5. The SMILES string of the molecule is C[C@H](C(=O)NCCS(=O)(=O)N1CCc2ccccc21)N1C(=O)[C@H]2CCCC[C@@H]2C1=O. The van der Waals surface area contributed by atoms with Crippen molar-refractivity contribution in [2.45, 2.75) is 45.1 Å². The molecule has 8 nitrogen and oxygen atoms in total. The summed E-state index contributed by atoms with van der Waals surface area (Å²) < 4.78 is 26.9. The number of hydrogen-bond acceptors (Lipinski definition) is 5. The third-order valence-corrected chi connectivity index (χ3v) is 8.25. The molecule has 30 heavy (non-hydrogen) atoms. The number of nitrogens with one attached hydrogen (secondary N) is 1.